The molecule has 0 bridgehead atoms. The van der Waals surface area contributed by atoms with Crippen LogP contribution >= 0.6 is 11.6 Å². The molecule has 0 fully saturated rings. The molecule has 2 heterocycles. The Morgan fingerprint density at radius 1 is 1.20 bits per heavy atom. The second kappa shape index (κ2) is 4.72. The summed E-state index contributed by atoms with van der Waals surface area (Å²) in [5, 5.41) is 0.270. The topological polar surface area (TPSA) is 50.8 Å². The van der Waals surface area contributed by atoms with Gasteiger partial charge in [0.2, 0.25) is 5.88 Å². The molecule has 3 rings (SSSR count). The Labute approximate surface area is 117 Å². The van der Waals surface area contributed by atoms with E-state index >= 15 is 0 Å². The summed E-state index contributed by atoms with van der Waals surface area (Å²) in [4.78, 5) is 10.2. The average Bonchev–Trinajstić information content (AvgIpc) is 2.78. The molecule has 0 saturated carbocycles. The zero-order chi connectivity index (χ0) is 14.3. The molecule has 0 amide bonds. The number of H-pyrrole nitrogens is 1. The van der Waals surface area contributed by atoms with E-state index in [4.69, 9.17) is 16.3 Å². The lowest BCUT2D eigenvalue weighted by atomic mass is 10.2. The highest BCUT2D eigenvalue weighted by Gasteiger charge is 2.16. The average molecular weight is 296 g/mol. The Bertz CT molecular complexity index is 804. The minimum atomic E-state index is -0.666. The SMILES string of the molecule is Cc1cc2c(F)c(Oc3cc(Cl)ncn3)cc(F)c2[nH]1. The van der Waals surface area contributed by atoms with E-state index in [9.17, 15) is 8.78 Å². The lowest BCUT2D eigenvalue weighted by Gasteiger charge is -2.07. The minimum Gasteiger partial charge on any atom is -0.436 e. The van der Waals surface area contributed by atoms with Gasteiger partial charge in [0.15, 0.2) is 17.4 Å². The zero-order valence-corrected chi connectivity index (χ0v) is 11.0. The Kier molecular flexibility index (Phi) is 3.02. The van der Waals surface area contributed by atoms with Crippen molar-refractivity contribution in [3.8, 4) is 11.6 Å². The number of hydrogen-bond donors (Lipinski definition) is 1. The summed E-state index contributed by atoms with van der Waals surface area (Å²) in [5.41, 5.74) is 0.758. The number of aryl methyl sites for hydroxylation is 1. The fourth-order valence-corrected chi connectivity index (χ4v) is 2.03. The van der Waals surface area contributed by atoms with E-state index in [0.29, 0.717) is 5.69 Å². The van der Waals surface area contributed by atoms with Crippen LogP contribution < -0.4 is 4.74 Å². The first-order valence-electron chi connectivity index (χ1n) is 5.67. The van der Waals surface area contributed by atoms with Crippen molar-refractivity contribution in [2.75, 3.05) is 0 Å². The molecular formula is C13H8ClF2N3O. The van der Waals surface area contributed by atoms with Gasteiger partial charge in [-0.15, -0.1) is 0 Å². The highest BCUT2D eigenvalue weighted by molar-refractivity contribution is 6.29. The molecule has 0 atom stereocenters. The Morgan fingerprint density at radius 3 is 2.75 bits per heavy atom. The van der Waals surface area contributed by atoms with Crippen LogP contribution in [0, 0.1) is 18.6 Å². The fraction of sp³-hybridized carbons (Fsp3) is 0.0769. The van der Waals surface area contributed by atoms with E-state index in [1.54, 1.807) is 6.92 Å². The van der Waals surface area contributed by atoms with Gasteiger partial charge in [0.05, 0.1) is 5.52 Å². The number of ether oxygens (including phenoxy) is 1. The van der Waals surface area contributed by atoms with Crippen LogP contribution in [-0.4, -0.2) is 15.0 Å². The Hall–Kier alpha value is -2.21. The molecule has 0 aliphatic carbocycles. The molecule has 2 aromatic heterocycles. The Morgan fingerprint density at radius 2 is 2.00 bits per heavy atom. The van der Waals surface area contributed by atoms with Crippen molar-refractivity contribution in [1.29, 1.82) is 0 Å². The lowest BCUT2D eigenvalue weighted by molar-refractivity contribution is 0.425. The van der Waals surface area contributed by atoms with Gasteiger partial charge >= 0.3 is 0 Å². The van der Waals surface area contributed by atoms with Gasteiger partial charge in [-0.1, -0.05) is 11.6 Å². The highest BCUT2D eigenvalue weighted by Crippen LogP contribution is 2.32. The Balaban J connectivity index is 2.10. The van der Waals surface area contributed by atoms with Crippen molar-refractivity contribution in [2.24, 2.45) is 0 Å². The third kappa shape index (κ3) is 2.18. The van der Waals surface area contributed by atoms with Gasteiger partial charge in [-0.05, 0) is 13.0 Å². The zero-order valence-electron chi connectivity index (χ0n) is 10.2. The van der Waals surface area contributed by atoms with Crippen molar-refractivity contribution in [2.45, 2.75) is 6.92 Å². The molecule has 3 aromatic rings. The quantitative estimate of drug-likeness (QED) is 0.727. The summed E-state index contributed by atoms with van der Waals surface area (Å²) in [6.45, 7) is 1.71. The summed E-state index contributed by atoms with van der Waals surface area (Å²) in [7, 11) is 0. The molecule has 1 aromatic carbocycles. The number of hydrogen-bond acceptors (Lipinski definition) is 3. The number of aromatic nitrogens is 3. The predicted octanol–water partition coefficient (Wildman–Crippen LogP) is 3.99. The molecule has 0 saturated heterocycles. The molecule has 0 spiro atoms. The van der Waals surface area contributed by atoms with Crippen LogP contribution in [0.15, 0.2) is 24.5 Å². The van der Waals surface area contributed by atoms with Crippen LogP contribution in [0.3, 0.4) is 0 Å². The maximum absolute atomic E-state index is 14.3. The number of rotatable bonds is 2. The van der Waals surface area contributed by atoms with E-state index in [-0.39, 0.29) is 27.7 Å². The van der Waals surface area contributed by atoms with Gasteiger partial charge in [-0.25, -0.2) is 18.7 Å². The van der Waals surface area contributed by atoms with Crippen molar-refractivity contribution in [1.82, 2.24) is 15.0 Å². The van der Waals surface area contributed by atoms with Crippen LogP contribution in [0.1, 0.15) is 5.69 Å². The van der Waals surface area contributed by atoms with E-state index in [1.165, 1.54) is 18.5 Å². The third-order valence-corrected chi connectivity index (χ3v) is 2.93. The van der Waals surface area contributed by atoms with E-state index in [2.05, 4.69) is 15.0 Å². The highest BCUT2D eigenvalue weighted by atomic mass is 35.5. The molecule has 7 heteroatoms. The number of nitrogens with one attached hydrogen (secondary N) is 1. The van der Waals surface area contributed by atoms with Gasteiger partial charge in [-0.2, -0.15) is 0 Å². The third-order valence-electron chi connectivity index (χ3n) is 2.72. The molecule has 1 N–H and O–H groups in total. The monoisotopic (exact) mass is 295 g/mol. The molecule has 0 radical (unpaired) electrons. The van der Waals surface area contributed by atoms with Crippen molar-refractivity contribution in [3.05, 3.63) is 47.0 Å². The van der Waals surface area contributed by atoms with Crippen molar-refractivity contribution >= 4 is 22.5 Å². The van der Waals surface area contributed by atoms with Crippen molar-refractivity contribution in [3.63, 3.8) is 0 Å². The summed E-state index contributed by atoms with van der Waals surface area (Å²) in [5.74, 6) is -1.50. The first kappa shape index (κ1) is 12.8. The van der Waals surface area contributed by atoms with Crippen LogP contribution in [0.25, 0.3) is 10.9 Å². The molecular weight excluding hydrogens is 288 g/mol. The first-order chi connectivity index (χ1) is 9.54. The van der Waals surface area contributed by atoms with Crippen LogP contribution in [-0.2, 0) is 0 Å². The summed E-state index contributed by atoms with van der Waals surface area (Å²) in [6, 6.07) is 3.78. The van der Waals surface area contributed by atoms with Gasteiger partial charge in [0.25, 0.3) is 0 Å². The summed E-state index contributed by atoms with van der Waals surface area (Å²) >= 11 is 5.68. The maximum atomic E-state index is 14.3. The standard InChI is InChI=1S/C13H8ClF2N3O/c1-6-2-7-12(16)9(3-8(15)13(7)19-6)20-11-4-10(14)17-5-18-11/h2-5,19H,1H3. The number of benzene rings is 1. The van der Waals surface area contributed by atoms with Crippen molar-refractivity contribution < 1.29 is 13.5 Å². The van der Waals surface area contributed by atoms with Crippen LogP contribution in [0.2, 0.25) is 5.15 Å². The van der Waals surface area contributed by atoms with Gasteiger partial charge in [-0.3, -0.25) is 0 Å². The number of fused-ring (bicyclic) bond motifs is 1. The predicted molar refractivity (Wildman–Crippen MR) is 70.1 cm³/mol. The number of nitrogens with zero attached hydrogens (tertiary/aromatic N) is 2. The smallest absolute Gasteiger partial charge is 0.223 e. The molecule has 20 heavy (non-hydrogen) atoms. The molecule has 102 valence electrons. The van der Waals surface area contributed by atoms with Crippen LogP contribution in [0.4, 0.5) is 8.78 Å². The molecule has 4 nitrogen and oxygen atoms in total. The first-order valence-corrected chi connectivity index (χ1v) is 6.05. The lowest BCUT2D eigenvalue weighted by Crippen LogP contribution is -1.94. The van der Waals surface area contributed by atoms with Crippen LogP contribution in [0.5, 0.6) is 11.6 Å². The number of aromatic amines is 1. The molecule has 0 unspecified atom stereocenters. The largest absolute Gasteiger partial charge is 0.436 e. The van der Waals surface area contributed by atoms with E-state index < -0.39 is 11.6 Å². The second-order valence-electron chi connectivity index (χ2n) is 4.19. The summed E-state index contributed by atoms with van der Waals surface area (Å²) < 4.78 is 33.4. The van der Waals surface area contributed by atoms with Gasteiger partial charge in [0.1, 0.15) is 11.5 Å². The molecule has 0 aliphatic rings. The fourth-order valence-electron chi connectivity index (χ4n) is 1.89. The maximum Gasteiger partial charge on any atom is 0.223 e. The second-order valence-corrected chi connectivity index (χ2v) is 4.58. The molecule has 0 aliphatic heterocycles. The summed E-state index contributed by atoms with van der Waals surface area (Å²) in [6.07, 6.45) is 1.17. The van der Waals surface area contributed by atoms with Gasteiger partial charge < -0.3 is 9.72 Å². The van der Waals surface area contributed by atoms with E-state index in [1.807, 2.05) is 0 Å². The van der Waals surface area contributed by atoms with Gasteiger partial charge in [0, 0.05) is 23.2 Å². The number of halogens is 3. The normalized spacial score (nSPS) is 11.0. The minimum absolute atomic E-state index is 0.0370. The van der Waals surface area contributed by atoms with E-state index in [0.717, 1.165) is 6.07 Å².